The van der Waals surface area contributed by atoms with Crippen molar-refractivity contribution in [3.63, 3.8) is 0 Å². The van der Waals surface area contributed by atoms with E-state index in [1.54, 1.807) is 0 Å². The lowest BCUT2D eigenvalue weighted by Gasteiger charge is -2.33. The highest BCUT2D eigenvalue weighted by atomic mass is 16.5. The summed E-state index contributed by atoms with van der Waals surface area (Å²) >= 11 is 0. The summed E-state index contributed by atoms with van der Waals surface area (Å²) in [6, 6.07) is 0. The van der Waals surface area contributed by atoms with Crippen molar-refractivity contribution in [3.8, 4) is 0 Å². The highest BCUT2D eigenvalue weighted by molar-refractivity contribution is 5.71. The molecule has 0 saturated carbocycles. The lowest BCUT2D eigenvalue weighted by molar-refractivity contribution is -0.142. The average molecular weight is 253 g/mol. The van der Waals surface area contributed by atoms with E-state index in [0.29, 0.717) is 24.5 Å². The molecule has 1 aliphatic rings. The predicted molar refractivity (Wildman–Crippen MR) is 74.1 cm³/mol. The van der Waals surface area contributed by atoms with Crippen LogP contribution in [0.15, 0.2) is 11.8 Å². The Labute approximate surface area is 111 Å². The highest BCUT2D eigenvalue weighted by Crippen LogP contribution is 2.36. The first-order valence-electron chi connectivity index (χ1n) is 7.03. The Bertz CT molecular complexity index is 308. The maximum atomic E-state index is 11.5. The SMILES string of the molecule is CCCCOC(=O)CNC1=CC(C)CC(C)(C)C1. The third-order valence-corrected chi connectivity index (χ3v) is 3.25. The Kier molecular flexibility index (Phi) is 5.70. The molecular weight excluding hydrogens is 226 g/mol. The first-order valence-corrected chi connectivity index (χ1v) is 7.03. The van der Waals surface area contributed by atoms with Crippen LogP contribution >= 0.6 is 0 Å². The Hall–Kier alpha value is -0.990. The number of esters is 1. The Balaban J connectivity index is 2.32. The zero-order valence-electron chi connectivity index (χ0n) is 12.2. The Morgan fingerprint density at radius 1 is 1.56 bits per heavy atom. The topological polar surface area (TPSA) is 38.3 Å². The molecule has 0 spiro atoms. The van der Waals surface area contributed by atoms with Gasteiger partial charge in [-0.15, -0.1) is 0 Å². The van der Waals surface area contributed by atoms with E-state index in [2.05, 4.69) is 39.1 Å². The van der Waals surface area contributed by atoms with Crippen LogP contribution in [0.3, 0.4) is 0 Å². The average Bonchev–Trinajstić information content (AvgIpc) is 2.24. The summed E-state index contributed by atoms with van der Waals surface area (Å²) in [6.45, 7) is 9.69. The van der Waals surface area contributed by atoms with Gasteiger partial charge in [0.05, 0.1) is 6.61 Å². The van der Waals surface area contributed by atoms with Crippen LogP contribution in [0.2, 0.25) is 0 Å². The van der Waals surface area contributed by atoms with Gasteiger partial charge in [0.25, 0.3) is 0 Å². The van der Waals surface area contributed by atoms with Crippen molar-refractivity contribution in [2.24, 2.45) is 11.3 Å². The fourth-order valence-corrected chi connectivity index (χ4v) is 2.61. The maximum absolute atomic E-state index is 11.5. The van der Waals surface area contributed by atoms with Gasteiger partial charge in [0.15, 0.2) is 0 Å². The molecule has 1 rings (SSSR count). The largest absolute Gasteiger partial charge is 0.464 e. The second-order valence-electron chi connectivity index (χ2n) is 6.14. The van der Waals surface area contributed by atoms with Gasteiger partial charge in [-0.05, 0) is 30.6 Å². The van der Waals surface area contributed by atoms with E-state index in [9.17, 15) is 4.79 Å². The molecule has 1 N–H and O–H groups in total. The fraction of sp³-hybridized carbons (Fsp3) is 0.800. The summed E-state index contributed by atoms with van der Waals surface area (Å²) in [5.74, 6) is 0.424. The quantitative estimate of drug-likeness (QED) is 0.583. The number of hydrogen-bond acceptors (Lipinski definition) is 3. The van der Waals surface area contributed by atoms with E-state index in [1.807, 2.05) is 0 Å². The second-order valence-corrected chi connectivity index (χ2v) is 6.14. The van der Waals surface area contributed by atoms with Gasteiger partial charge < -0.3 is 10.1 Å². The standard InChI is InChI=1S/C15H27NO2/c1-5-6-7-18-14(17)11-16-13-8-12(2)9-15(3,4)10-13/h8,12,16H,5-7,9-11H2,1-4H3. The summed E-state index contributed by atoms with van der Waals surface area (Å²) in [7, 11) is 0. The Morgan fingerprint density at radius 3 is 2.89 bits per heavy atom. The van der Waals surface area contributed by atoms with Gasteiger partial charge in [0, 0.05) is 5.70 Å². The van der Waals surface area contributed by atoms with Crippen LogP contribution in [0.4, 0.5) is 0 Å². The number of allylic oxidation sites excluding steroid dienone is 2. The van der Waals surface area contributed by atoms with Gasteiger partial charge in [0.2, 0.25) is 0 Å². The van der Waals surface area contributed by atoms with E-state index < -0.39 is 0 Å². The molecule has 0 fully saturated rings. The third-order valence-electron chi connectivity index (χ3n) is 3.25. The minimum Gasteiger partial charge on any atom is -0.464 e. The summed E-state index contributed by atoms with van der Waals surface area (Å²) in [5, 5.41) is 3.22. The van der Waals surface area contributed by atoms with Crippen LogP contribution in [-0.4, -0.2) is 19.1 Å². The maximum Gasteiger partial charge on any atom is 0.325 e. The number of hydrogen-bond donors (Lipinski definition) is 1. The van der Waals surface area contributed by atoms with Crippen LogP contribution < -0.4 is 5.32 Å². The number of rotatable bonds is 6. The van der Waals surface area contributed by atoms with Gasteiger partial charge in [-0.2, -0.15) is 0 Å². The van der Waals surface area contributed by atoms with Crippen molar-refractivity contribution >= 4 is 5.97 Å². The summed E-state index contributed by atoms with van der Waals surface area (Å²) < 4.78 is 5.12. The van der Waals surface area contributed by atoms with E-state index in [4.69, 9.17) is 4.74 Å². The molecule has 104 valence electrons. The molecule has 0 bridgehead atoms. The van der Waals surface area contributed by atoms with Gasteiger partial charge in [-0.3, -0.25) is 4.79 Å². The van der Waals surface area contributed by atoms with Crippen molar-refractivity contribution in [3.05, 3.63) is 11.8 Å². The van der Waals surface area contributed by atoms with E-state index in [-0.39, 0.29) is 5.97 Å². The molecule has 3 nitrogen and oxygen atoms in total. The monoisotopic (exact) mass is 253 g/mol. The van der Waals surface area contributed by atoms with Crippen molar-refractivity contribution in [1.29, 1.82) is 0 Å². The number of carbonyl (C=O) groups excluding carboxylic acids is 1. The lowest BCUT2D eigenvalue weighted by Crippen LogP contribution is -2.30. The number of unbranched alkanes of at least 4 members (excludes halogenated alkanes) is 1. The first kappa shape index (κ1) is 15.1. The predicted octanol–water partition coefficient (Wildman–Crippen LogP) is 3.26. The van der Waals surface area contributed by atoms with Crippen molar-refractivity contribution in [2.45, 2.75) is 53.4 Å². The third kappa shape index (κ3) is 5.56. The van der Waals surface area contributed by atoms with E-state index in [0.717, 1.165) is 19.3 Å². The normalized spacial score (nSPS) is 22.2. The molecule has 3 heteroatoms. The van der Waals surface area contributed by atoms with E-state index >= 15 is 0 Å². The summed E-state index contributed by atoms with van der Waals surface area (Å²) in [4.78, 5) is 11.5. The molecule has 0 amide bonds. The molecule has 18 heavy (non-hydrogen) atoms. The fourth-order valence-electron chi connectivity index (χ4n) is 2.61. The van der Waals surface area contributed by atoms with Crippen LogP contribution in [0.1, 0.15) is 53.4 Å². The van der Waals surface area contributed by atoms with Gasteiger partial charge in [-0.25, -0.2) is 0 Å². The Morgan fingerprint density at radius 2 is 2.28 bits per heavy atom. The number of carbonyl (C=O) groups is 1. The van der Waals surface area contributed by atoms with Crippen molar-refractivity contribution < 1.29 is 9.53 Å². The molecule has 0 aromatic carbocycles. The second kappa shape index (κ2) is 6.81. The minimum atomic E-state index is -0.152. The van der Waals surface area contributed by atoms with Gasteiger partial charge in [0.1, 0.15) is 6.54 Å². The van der Waals surface area contributed by atoms with Gasteiger partial charge >= 0.3 is 5.97 Å². The molecule has 0 aromatic heterocycles. The van der Waals surface area contributed by atoms with Crippen LogP contribution in [-0.2, 0) is 9.53 Å². The molecule has 0 radical (unpaired) electrons. The zero-order valence-corrected chi connectivity index (χ0v) is 12.2. The molecule has 0 aliphatic heterocycles. The molecule has 1 atom stereocenters. The molecular formula is C15H27NO2. The first-order chi connectivity index (χ1) is 8.43. The highest BCUT2D eigenvalue weighted by Gasteiger charge is 2.26. The summed E-state index contributed by atoms with van der Waals surface area (Å²) in [6.07, 6.45) is 6.46. The van der Waals surface area contributed by atoms with E-state index in [1.165, 1.54) is 12.1 Å². The zero-order chi connectivity index (χ0) is 13.6. The molecule has 0 heterocycles. The molecule has 1 unspecified atom stereocenters. The molecule has 0 saturated heterocycles. The molecule has 0 aromatic rings. The van der Waals surface area contributed by atoms with Gasteiger partial charge in [-0.1, -0.05) is 40.2 Å². The summed E-state index contributed by atoms with van der Waals surface area (Å²) in [5.41, 5.74) is 1.51. The van der Waals surface area contributed by atoms with Crippen LogP contribution in [0, 0.1) is 11.3 Å². The minimum absolute atomic E-state index is 0.152. The molecule has 1 aliphatic carbocycles. The number of ether oxygens (including phenoxy) is 1. The number of nitrogens with one attached hydrogen (secondary N) is 1. The van der Waals surface area contributed by atoms with Crippen LogP contribution in [0.5, 0.6) is 0 Å². The van der Waals surface area contributed by atoms with Crippen molar-refractivity contribution in [2.75, 3.05) is 13.2 Å². The van der Waals surface area contributed by atoms with Crippen molar-refractivity contribution in [1.82, 2.24) is 5.32 Å². The van der Waals surface area contributed by atoms with Crippen LogP contribution in [0.25, 0.3) is 0 Å². The lowest BCUT2D eigenvalue weighted by atomic mass is 9.75. The smallest absolute Gasteiger partial charge is 0.325 e.